The molecule has 0 radical (unpaired) electrons. The first kappa shape index (κ1) is 13.4. The summed E-state index contributed by atoms with van der Waals surface area (Å²) < 4.78 is 7.27. The number of hydrogen-bond donors (Lipinski definition) is 1. The first-order chi connectivity index (χ1) is 10.0. The van der Waals surface area contributed by atoms with Crippen LogP contribution < -0.4 is 0 Å². The van der Waals surface area contributed by atoms with Crippen molar-refractivity contribution in [3.8, 4) is 17.1 Å². The maximum absolute atomic E-state index is 9.65. The Labute approximate surface area is 122 Å². The highest BCUT2D eigenvalue weighted by Gasteiger charge is 2.14. The molecule has 1 aromatic carbocycles. The third-order valence-electron chi connectivity index (χ3n) is 3.51. The molecule has 0 aliphatic carbocycles. The molecule has 21 heavy (non-hydrogen) atoms. The van der Waals surface area contributed by atoms with Crippen molar-refractivity contribution in [2.45, 2.75) is 27.3 Å². The third kappa shape index (κ3) is 2.54. The van der Waals surface area contributed by atoms with Crippen LogP contribution in [0.4, 0.5) is 0 Å². The van der Waals surface area contributed by atoms with Crippen LogP contribution in [0, 0.1) is 20.8 Å². The molecule has 0 aliphatic rings. The fourth-order valence-electron chi connectivity index (χ4n) is 2.44. The topological polar surface area (TPSA) is 64.1 Å². The smallest absolute Gasteiger partial charge is 0.140 e. The molecular weight excluding hydrogens is 266 g/mol. The van der Waals surface area contributed by atoms with Crippen LogP contribution in [0.5, 0.6) is 5.75 Å². The first-order valence-electron chi connectivity index (χ1n) is 6.79. The summed E-state index contributed by atoms with van der Waals surface area (Å²) in [6.07, 6.45) is 1.99. The second kappa shape index (κ2) is 5.09. The van der Waals surface area contributed by atoms with Crippen LogP contribution in [-0.2, 0) is 6.54 Å². The van der Waals surface area contributed by atoms with Crippen molar-refractivity contribution < 1.29 is 9.63 Å². The van der Waals surface area contributed by atoms with E-state index in [4.69, 9.17) is 4.52 Å². The lowest BCUT2D eigenvalue weighted by Gasteiger charge is -2.08. The largest absolute Gasteiger partial charge is 0.508 e. The molecule has 0 spiro atoms. The van der Waals surface area contributed by atoms with E-state index in [1.807, 2.05) is 39.1 Å². The molecule has 1 N–H and O–H groups in total. The summed E-state index contributed by atoms with van der Waals surface area (Å²) in [7, 11) is 0. The lowest BCUT2D eigenvalue weighted by Crippen LogP contribution is -2.02. The molecule has 0 amide bonds. The SMILES string of the molecule is Cc1cn(Cc2c(C)noc2C)c(-c2cccc(O)c2)n1. The second-order valence-electron chi connectivity index (χ2n) is 5.19. The van der Waals surface area contributed by atoms with Crippen LogP contribution in [0.1, 0.15) is 22.7 Å². The summed E-state index contributed by atoms with van der Waals surface area (Å²) in [5.74, 6) is 1.88. The van der Waals surface area contributed by atoms with E-state index in [9.17, 15) is 5.11 Å². The van der Waals surface area contributed by atoms with Gasteiger partial charge in [0, 0.05) is 17.3 Å². The van der Waals surface area contributed by atoms with Crippen molar-refractivity contribution in [2.75, 3.05) is 0 Å². The van der Waals surface area contributed by atoms with Crippen molar-refractivity contribution in [2.24, 2.45) is 0 Å². The number of phenols is 1. The second-order valence-corrected chi connectivity index (χ2v) is 5.19. The van der Waals surface area contributed by atoms with Gasteiger partial charge in [0.05, 0.1) is 17.9 Å². The Kier molecular flexibility index (Phi) is 3.25. The van der Waals surface area contributed by atoms with E-state index in [1.165, 1.54) is 0 Å². The van der Waals surface area contributed by atoms with Gasteiger partial charge in [-0.3, -0.25) is 0 Å². The van der Waals surface area contributed by atoms with Crippen LogP contribution in [0.3, 0.4) is 0 Å². The number of aromatic nitrogens is 3. The van der Waals surface area contributed by atoms with E-state index in [0.29, 0.717) is 6.54 Å². The van der Waals surface area contributed by atoms with Gasteiger partial charge in [-0.25, -0.2) is 4.98 Å². The van der Waals surface area contributed by atoms with Crippen LogP contribution in [-0.4, -0.2) is 19.8 Å². The molecule has 0 saturated carbocycles. The van der Waals surface area contributed by atoms with Crippen LogP contribution >= 0.6 is 0 Å². The summed E-state index contributed by atoms with van der Waals surface area (Å²) >= 11 is 0. The normalized spacial score (nSPS) is 11.0. The fraction of sp³-hybridized carbons (Fsp3) is 0.250. The number of nitrogens with zero attached hydrogens (tertiary/aromatic N) is 3. The number of benzene rings is 1. The van der Waals surface area contributed by atoms with Gasteiger partial charge in [-0.05, 0) is 32.9 Å². The fourth-order valence-corrected chi connectivity index (χ4v) is 2.44. The summed E-state index contributed by atoms with van der Waals surface area (Å²) in [6.45, 7) is 6.44. The third-order valence-corrected chi connectivity index (χ3v) is 3.51. The van der Waals surface area contributed by atoms with Gasteiger partial charge in [-0.2, -0.15) is 0 Å². The molecule has 0 unspecified atom stereocenters. The molecule has 5 heteroatoms. The van der Waals surface area contributed by atoms with Gasteiger partial charge in [-0.15, -0.1) is 0 Å². The van der Waals surface area contributed by atoms with Gasteiger partial charge >= 0.3 is 0 Å². The monoisotopic (exact) mass is 283 g/mol. The summed E-state index contributed by atoms with van der Waals surface area (Å²) in [5.41, 5.74) is 3.77. The molecule has 0 saturated heterocycles. The van der Waals surface area contributed by atoms with E-state index in [0.717, 1.165) is 34.1 Å². The minimum Gasteiger partial charge on any atom is -0.508 e. The van der Waals surface area contributed by atoms with Crippen molar-refractivity contribution in [3.63, 3.8) is 0 Å². The molecule has 5 nitrogen and oxygen atoms in total. The van der Waals surface area contributed by atoms with Crippen LogP contribution in [0.25, 0.3) is 11.4 Å². The molecule has 3 rings (SSSR count). The molecule has 108 valence electrons. The van der Waals surface area contributed by atoms with Crippen molar-refractivity contribution in [1.29, 1.82) is 0 Å². The van der Waals surface area contributed by atoms with Crippen LogP contribution in [0.2, 0.25) is 0 Å². The van der Waals surface area contributed by atoms with Gasteiger partial charge in [0.2, 0.25) is 0 Å². The van der Waals surface area contributed by atoms with Gasteiger partial charge in [0.15, 0.2) is 0 Å². The van der Waals surface area contributed by atoms with Gasteiger partial charge < -0.3 is 14.2 Å². The highest BCUT2D eigenvalue weighted by Crippen LogP contribution is 2.24. The Morgan fingerprint density at radius 2 is 2.05 bits per heavy atom. The number of imidazole rings is 1. The molecular formula is C16H17N3O2. The predicted molar refractivity (Wildman–Crippen MR) is 79.1 cm³/mol. The first-order valence-corrected chi connectivity index (χ1v) is 6.79. The van der Waals surface area contributed by atoms with Gasteiger partial charge in [0.25, 0.3) is 0 Å². The average Bonchev–Trinajstić information content (AvgIpc) is 2.96. The van der Waals surface area contributed by atoms with Crippen molar-refractivity contribution in [1.82, 2.24) is 14.7 Å². The average molecular weight is 283 g/mol. The number of aryl methyl sites for hydroxylation is 3. The zero-order chi connectivity index (χ0) is 15.0. The van der Waals surface area contributed by atoms with E-state index in [2.05, 4.69) is 14.7 Å². The maximum atomic E-state index is 9.65. The van der Waals surface area contributed by atoms with E-state index in [-0.39, 0.29) is 5.75 Å². The summed E-state index contributed by atoms with van der Waals surface area (Å²) in [4.78, 5) is 4.56. The minimum atomic E-state index is 0.233. The number of phenolic OH excluding ortho intramolecular Hbond substituents is 1. The number of aromatic hydroxyl groups is 1. The van der Waals surface area contributed by atoms with Crippen LogP contribution in [0.15, 0.2) is 35.0 Å². The summed E-state index contributed by atoms with van der Waals surface area (Å²) in [6, 6.07) is 7.11. The quantitative estimate of drug-likeness (QED) is 0.801. The van der Waals surface area contributed by atoms with E-state index >= 15 is 0 Å². The molecule has 2 aromatic heterocycles. The number of hydrogen-bond acceptors (Lipinski definition) is 4. The Morgan fingerprint density at radius 1 is 1.24 bits per heavy atom. The predicted octanol–water partition coefficient (Wildman–Crippen LogP) is 3.22. The van der Waals surface area contributed by atoms with E-state index < -0.39 is 0 Å². The molecule has 0 atom stereocenters. The molecule has 3 aromatic rings. The molecule has 0 bridgehead atoms. The van der Waals surface area contributed by atoms with E-state index in [1.54, 1.807) is 12.1 Å². The lowest BCUT2D eigenvalue weighted by molar-refractivity contribution is 0.392. The van der Waals surface area contributed by atoms with Gasteiger partial charge in [0.1, 0.15) is 17.3 Å². The minimum absolute atomic E-state index is 0.233. The Hall–Kier alpha value is -2.56. The zero-order valence-corrected chi connectivity index (χ0v) is 12.3. The summed E-state index contributed by atoms with van der Waals surface area (Å²) in [5, 5.41) is 13.6. The Morgan fingerprint density at radius 3 is 2.71 bits per heavy atom. The maximum Gasteiger partial charge on any atom is 0.140 e. The molecule has 2 heterocycles. The molecule has 0 aliphatic heterocycles. The zero-order valence-electron chi connectivity index (χ0n) is 12.3. The molecule has 0 fully saturated rings. The van der Waals surface area contributed by atoms with Crippen molar-refractivity contribution in [3.05, 3.63) is 53.2 Å². The Balaban J connectivity index is 2.04. The van der Waals surface area contributed by atoms with Gasteiger partial charge in [-0.1, -0.05) is 17.3 Å². The standard InChI is InChI=1S/C16H17N3O2/c1-10-8-19(9-15-11(2)18-21-12(15)3)16(17-10)13-5-4-6-14(20)7-13/h4-8,20H,9H2,1-3H3. The highest BCUT2D eigenvalue weighted by atomic mass is 16.5. The Bertz CT molecular complexity index is 767. The van der Waals surface area contributed by atoms with Crippen molar-refractivity contribution >= 4 is 0 Å². The highest BCUT2D eigenvalue weighted by molar-refractivity contribution is 5.58. The number of rotatable bonds is 3. The lowest BCUT2D eigenvalue weighted by atomic mass is 10.1.